The number of ketones is 1. The van der Waals surface area contributed by atoms with Crippen molar-refractivity contribution in [2.45, 2.75) is 27.7 Å². The van der Waals surface area contributed by atoms with Crippen molar-refractivity contribution in [3.8, 4) is 0 Å². The first-order chi connectivity index (χ1) is 13.3. The highest BCUT2D eigenvalue weighted by molar-refractivity contribution is 6.04. The fourth-order valence-electron chi connectivity index (χ4n) is 3.02. The Bertz CT molecular complexity index is 1020. The van der Waals surface area contributed by atoms with E-state index in [-0.39, 0.29) is 11.7 Å². The van der Waals surface area contributed by atoms with E-state index in [2.05, 4.69) is 39.7 Å². The van der Waals surface area contributed by atoms with Gasteiger partial charge in [0, 0.05) is 29.3 Å². The Kier molecular flexibility index (Phi) is 5.49. The van der Waals surface area contributed by atoms with Gasteiger partial charge in [-0.3, -0.25) is 9.59 Å². The van der Waals surface area contributed by atoms with Gasteiger partial charge in [-0.25, -0.2) is 9.97 Å². The number of rotatable bonds is 5. The molecule has 0 spiro atoms. The van der Waals surface area contributed by atoms with Crippen LogP contribution in [0.5, 0.6) is 0 Å². The zero-order valence-corrected chi connectivity index (χ0v) is 16.3. The molecule has 1 aromatic heterocycles. The first-order valence-electron chi connectivity index (χ1n) is 8.93. The molecular formula is C22H22N4O2. The second kappa shape index (κ2) is 8.00. The van der Waals surface area contributed by atoms with Crippen molar-refractivity contribution in [1.29, 1.82) is 0 Å². The summed E-state index contributed by atoms with van der Waals surface area (Å²) in [6, 6.07) is 11.0. The van der Waals surface area contributed by atoms with Crippen LogP contribution in [0.2, 0.25) is 0 Å². The Morgan fingerprint density at radius 1 is 0.893 bits per heavy atom. The van der Waals surface area contributed by atoms with Crippen LogP contribution in [0, 0.1) is 20.8 Å². The lowest BCUT2D eigenvalue weighted by atomic mass is 10.1. The van der Waals surface area contributed by atoms with Crippen molar-refractivity contribution >= 4 is 29.0 Å². The normalized spacial score (nSPS) is 10.4. The van der Waals surface area contributed by atoms with E-state index in [1.165, 1.54) is 24.9 Å². The Labute approximate surface area is 164 Å². The minimum atomic E-state index is -0.338. The number of benzene rings is 2. The first kappa shape index (κ1) is 19.2. The lowest BCUT2D eigenvalue weighted by Crippen LogP contribution is -2.13. The molecule has 1 heterocycles. The van der Waals surface area contributed by atoms with Gasteiger partial charge in [-0.1, -0.05) is 29.8 Å². The molecule has 28 heavy (non-hydrogen) atoms. The molecule has 3 aromatic rings. The van der Waals surface area contributed by atoms with Crippen LogP contribution < -0.4 is 10.6 Å². The molecule has 142 valence electrons. The summed E-state index contributed by atoms with van der Waals surface area (Å²) in [5.41, 5.74) is 5.78. The molecule has 0 bridgehead atoms. The summed E-state index contributed by atoms with van der Waals surface area (Å²) in [6.45, 7) is 7.59. The van der Waals surface area contributed by atoms with E-state index in [9.17, 15) is 9.59 Å². The second-order valence-electron chi connectivity index (χ2n) is 6.79. The quantitative estimate of drug-likeness (QED) is 0.638. The lowest BCUT2D eigenvalue weighted by Gasteiger charge is -2.13. The molecule has 1 amide bonds. The Balaban J connectivity index is 1.73. The van der Waals surface area contributed by atoms with Crippen LogP contribution in [-0.2, 0) is 0 Å². The lowest BCUT2D eigenvalue weighted by molar-refractivity contribution is 0.101. The summed E-state index contributed by atoms with van der Waals surface area (Å²) in [6.07, 6.45) is 2.94. The molecule has 0 radical (unpaired) electrons. The number of carbonyl (C=O) groups excluding carboxylic acids is 2. The predicted molar refractivity (Wildman–Crippen MR) is 110 cm³/mol. The summed E-state index contributed by atoms with van der Waals surface area (Å²) >= 11 is 0. The number of hydrogen-bond donors (Lipinski definition) is 2. The average Bonchev–Trinajstić information content (AvgIpc) is 2.65. The predicted octanol–water partition coefficient (Wildman–Crippen LogP) is 4.60. The molecule has 2 N–H and O–H groups in total. The number of Topliss-reactive ketones (excluding diaryl/α,β-unsaturated/α-hetero) is 1. The van der Waals surface area contributed by atoms with Gasteiger partial charge < -0.3 is 10.6 Å². The van der Waals surface area contributed by atoms with Gasteiger partial charge in [-0.15, -0.1) is 0 Å². The summed E-state index contributed by atoms with van der Waals surface area (Å²) < 4.78 is 0. The van der Waals surface area contributed by atoms with E-state index in [4.69, 9.17) is 0 Å². The van der Waals surface area contributed by atoms with Gasteiger partial charge in [0.15, 0.2) is 5.78 Å². The summed E-state index contributed by atoms with van der Waals surface area (Å²) in [5, 5.41) is 5.97. The Hall–Kier alpha value is -3.54. The average molecular weight is 374 g/mol. The highest BCUT2D eigenvalue weighted by Crippen LogP contribution is 2.24. The number of nitrogens with zero attached hydrogens (tertiary/aromatic N) is 2. The number of anilines is 3. The van der Waals surface area contributed by atoms with Gasteiger partial charge in [0.25, 0.3) is 5.91 Å². The number of amides is 1. The van der Waals surface area contributed by atoms with Gasteiger partial charge in [-0.05, 0) is 51.0 Å². The Morgan fingerprint density at radius 2 is 1.54 bits per heavy atom. The minimum Gasteiger partial charge on any atom is -0.324 e. The van der Waals surface area contributed by atoms with Crippen molar-refractivity contribution in [2.24, 2.45) is 0 Å². The third-order valence-corrected chi connectivity index (χ3v) is 4.35. The maximum absolute atomic E-state index is 12.4. The van der Waals surface area contributed by atoms with Crippen molar-refractivity contribution < 1.29 is 9.59 Å². The largest absolute Gasteiger partial charge is 0.324 e. The maximum atomic E-state index is 12.4. The van der Waals surface area contributed by atoms with E-state index in [1.807, 2.05) is 13.8 Å². The molecule has 0 saturated heterocycles. The number of hydrogen-bond acceptors (Lipinski definition) is 5. The van der Waals surface area contributed by atoms with Crippen molar-refractivity contribution in [1.82, 2.24) is 9.97 Å². The van der Waals surface area contributed by atoms with Gasteiger partial charge in [0.1, 0.15) is 0 Å². The number of carbonyl (C=O) groups is 2. The molecule has 0 aliphatic carbocycles. The van der Waals surface area contributed by atoms with Crippen molar-refractivity contribution in [2.75, 3.05) is 10.6 Å². The maximum Gasteiger partial charge on any atom is 0.258 e. The molecule has 3 rings (SSSR count). The van der Waals surface area contributed by atoms with Gasteiger partial charge >= 0.3 is 0 Å². The molecule has 0 fully saturated rings. The third-order valence-electron chi connectivity index (χ3n) is 4.35. The molecule has 6 heteroatoms. The molecule has 2 aromatic carbocycles. The fraction of sp³-hybridized carbons (Fsp3) is 0.182. The van der Waals surface area contributed by atoms with Gasteiger partial charge in [-0.2, -0.15) is 0 Å². The number of aryl methyl sites for hydroxylation is 3. The van der Waals surface area contributed by atoms with Crippen molar-refractivity contribution in [3.63, 3.8) is 0 Å². The smallest absolute Gasteiger partial charge is 0.258 e. The van der Waals surface area contributed by atoms with Crippen LogP contribution in [-0.4, -0.2) is 21.7 Å². The topological polar surface area (TPSA) is 84.0 Å². The molecular weight excluding hydrogens is 352 g/mol. The molecule has 0 saturated carbocycles. The monoisotopic (exact) mass is 374 g/mol. The summed E-state index contributed by atoms with van der Waals surface area (Å²) in [7, 11) is 0. The number of aromatic nitrogens is 2. The van der Waals surface area contributed by atoms with Crippen LogP contribution in [0.3, 0.4) is 0 Å². The third kappa shape index (κ3) is 4.40. The first-order valence-corrected chi connectivity index (χ1v) is 8.93. The summed E-state index contributed by atoms with van der Waals surface area (Å²) in [5.74, 6) is 0.0247. The zero-order chi connectivity index (χ0) is 20.3. The molecule has 0 atom stereocenters. The van der Waals surface area contributed by atoms with E-state index in [0.717, 1.165) is 16.8 Å². The van der Waals surface area contributed by atoms with Gasteiger partial charge in [0.05, 0.1) is 5.56 Å². The standard InChI is InChI=1S/C22H22N4O2/c1-13-8-14(2)20(15(3)9-13)26-22-23-11-18(12-24-22)21(28)25-19-7-5-6-17(10-19)16(4)27/h5-12H,1-4H3,(H,25,28)(H,23,24,26). The molecule has 0 unspecified atom stereocenters. The van der Waals surface area contributed by atoms with Gasteiger partial charge in [0.2, 0.25) is 5.95 Å². The minimum absolute atomic E-state index is 0.0587. The van der Waals surface area contributed by atoms with Crippen LogP contribution in [0.4, 0.5) is 17.3 Å². The van der Waals surface area contributed by atoms with Crippen LogP contribution in [0.25, 0.3) is 0 Å². The molecule has 0 aliphatic rings. The summed E-state index contributed by atoms with van der Waals surface area (Å²) in [4.78, 5) is 32.4. The van der Waals surface area contributed by atoms with E-state index in [1.54, 1.807) is 24.3 Å². The SMILES string of the molecule is CC(=O)c1cccc(NC(=O)c2cnc(Nc3c(C)cc(C)cc3C)nc2)c1. The zero-order valence-electron chi connectivity index (χ0n) is 16.3. The van der Waals surface area contributed by atoms with Crippen molar-refractivity contribution in [3.05, 3.63) is 76.6 Å². The second-order valence-corrected chi connectivity index (χ2v) is 6.79. The fourth-order valence-corrected chi connectivity index (χ4v) is 3.02. The highest BCUT2D eigenvalue weighted by atomic mass is 16.1. The van der Waals surface area contributed by atoms with E-state index >= 15 is 0 Å². The Morgan fingerprint density at radius 3 is 2.14 bits per heavy atom. The number of nitrogens with one attached hydrogen (secondary N) is 2. The van der Waals surface area contributed by atoms with E-state index < -0.39 is 0 Å². The highest BCUT2D eigenvalue weighted by Gasteiger charge is 2.10. The van der Waals surface area contributed by atoms with E-state index in [0.29, 0.717) is 22.8 Å². The van der Waals surface area contributed by atoms with Crippen LogP contribution in [0.1, 0.15) is 44.3 Å². The van der Waals surface area contributed by atoms with Crippen LogP contribution in [0.15, 0.2) is 48.8 Å². The molecule has 6 nitrogen and oxygen atoms in total. The van der Waals surface area contributed by atoms with Crippen LogP contribution >= 0.6 is 0 Å². The molecule has 0 aliphatic heterocycles.